The standard InChI is InChI=1S/C6H4N2/c1-3-7-6-2-4-8-5(1)6/h1-4H. The third kappa shape index (κ3) is 0.320. The van der Waals surface area contributed by atoms with Crippen molar-refractivity contribution < 1.29 is 0 Å². The molecule has 0 spiro atoms. The molecule has 2 nitrogen and oxygen atoms in total. The average Bonchev–Trinajstić information content (AvgIpc) is 2.15. The number of fused-ring (bicyclic) bond motifs is 1. The summed E-state index contributed by atoms with van der Waals surface area (Å²) in [6.45, 7) is 0. The lowest BCUT2D eigenvalue weighted by atomic mass is 10.3. The van der Waals surface area contributed by atoms with Crippen LogP contribution in [0.15, 0.2) is 34.5 Å². The predicted octanol–water partition coefficient (Wildman–Crippen LogP) is 0.923. The Morgan fingerprint density at radius 2 is 1.38 bits per heavy atom. The SMILES string of the molecule is C1=CC2=NC=CC2=N1. The van der Waals surface area contributed by atoms with Crippen molar-refractivity contribution in [3.8, 4) is 0 Å². The summed E-state index contributed by atoms with van der Waals surface area (Å²) in [4.78, 5) is 8.03. The van der Waals surface area contributed by atoms with Crippen molar-refractivity contribution >= 4 is 11.4 Å². The Morgan fingerprint density at radius 1 is 0.875 bits per heavy atom. The molecule has 0 saturated heterocycles. The highest BCUT2D eigenvalue weighted by atomic mass is 14.8. The maximum Gasteiger partial charge on any atom is 0.0901 e. The van der Waals surface area contributed by atoms with Crippen LogP contribution < -0.4 is 0 Å². The molecule has 0 unspecified atom stereocenters. The highest BCUT2D eigenvalue weighted by Crippen LogP contribution is 2.05. The zero-order chi connectivity index (χ0) is 5.40. The van der Waals surface area contributed by atoms with Crippen molar-refractivity contribution in [1.82, 2.24) is 0 Å². The fourth-order valence-corrected chi connectivity index (χ4v) is 0.765. The minimum Gasteiger partial charge on any atom is -0.254 e. The minimum absolute atomic E-state index is 0.991. The lowest BCUT2D eigenvalue weighted by Crippen LogP contribution is -1.98. The van der Waals surface area contributed by atoms with E-state index in [0.29, 0.717) is 0 Å². The van der Waals surface area contributed by atoms with Crippen LogP contribution >= 0.6 is 0 Å². The first-order valence-electron chi connectivity index (χ1n) is 2.46. The summed E-state index contributed by atoms with van der Waals surface area (Å²) < 4.78 is 0. The largest absolute Gasteiger partial charge is 0.254 e. The van der Waals surface area contributed by atoms with E-state index in [9.17, 15) is 0 Å². The summed E-state index contributed by atoms with van der Waals surface area (Å²) in [6, 6.07) is 0. The molecule has 8 heavy (non-hydrogen) atoms. The second-order valence-electron chi connectivity index (χ2n) is 1.66. The molecule has 0 aliphatic carbocycles. The van der Waals surface area contributed by atoms with Crippen molar-refractivity contribution in [3.63, 3.8) is 0 Å². The number of rotatable bonds is 0. The lowest BCUT2D eigenvalue weighted by Gasteiger charge is -1.80. The van der Waals surface area contributed by atoms with Gasteiger partial charge in [0.2, 0.25) is 0 Å². The maximum absolute atomic E-state index is 4.02. The van der Waals surface area contributed by atoms with E-state index in [2.05, 4.69) is 9.98 Å². The third-order valence-electron chi connectivity index (χ3n) is 1.15. The Kier molecular flexibility index (Phi) is 0.545. The Labute approximate surface area is 47.0 Å². The Hall–Kier alpha value is -1.18. The van der Waals surface area contributed by atoms with Crippen LogP contribution in [0.1, 0.15) is 0 Å². The van der Waals surface area contributed by atoms with Gasteiger partial charge in [-0.2, -0.15) is 0 Å². The number of hydrogen-bond donors (Lipinski definition) is 0. The van der Waals surface area contributed by atoms with E-state index in [4.69, 9.17) is 0 Å². The van der Waals surface area contributed by atoms with Crippen molar-refractivity contribution in [3.05, 3.63) is 24.6 Å². The second-order valence-corrected chi connectivity index (χ2v) is 1.66. The van der Waals surface area contributed by atoms with Gasteiger partial charge >= 0.3 is 0 Å². The van der Waals surface area contributed by atoms with Crippen LogP contribution in [0.3, 0.4) is 0 Å². The number of allylic oxidation sites excluding steroid dienone is 2. The predicted molar refractivity (Wildman–Crippen MR) is 33.1 cm³/mol. The van der Waals surface area contributed by atoms with Gasteiger partial charge < -0.3 is 0 Å². The van der Waals surface area contributed by atoms with Gasteiger partial charge in [-0.3, -0.25) is 9.98 Å². The van der Waals surface area contributed by atoms with Crippen molar-refractivity contribution in [2.75, 3.05) is 0 Å². The molecule has 0 saturated carbocycles. The molecule has 0 fully saturated rings. The summed E-state index contributed by atoms with van der Waals surface area (Å²) in [6.07, 6.45) is 7.32. The molecule has 0 aromatic carbocycles. The van der Waals surface area contributed by atoms with Crippen LogP contribution in [-0.4, -0.2) is 11.4 Å². The average molecular weight is 104 g/mol. The minimum atomic E-state index is 0.991. The van der Waals surface area contributed by atoms with Gasteiger partial charge in [0, 0.05) is 12.4 Å². The van der Waals surface area contributed by atoms with E-state index in [1.165, 1.54) is 0 Å². The normalized spacial score (nSPS) is 21.0. The molecule has 0 bridgehead atoms. The van der Waals surface area contributed by atoms with E-state index in [1.807, 2.05) is 12.2 Å². The summed E-state index contributed by atoms with van der Waals surface area (Å²) in [5.41, 5.74) is 1.98. The lowest BCUT2D eigenvalue weighted by molar-refractivity contribution is 1.60. The second kappa shape index (κ2) is 1.15. The van der Waals surface area contributed by atoms with Crippen LogP contribution in [0.5, 0.6) is 0 Å². The van der Waals surface area contributed by atoms with Crippen LogP contribution in [0.4, 0.5) is 0 Å². The maximum atomic E-state index is 4.02. The molecular formula is C6H4N2. The number of aliphatic imine (C=N–C) groups is 2. The third-order valence-corrected chi connectivity index (χ3v) is 1.15. The van der Waals surface area contributed by atoms with Crippen LogP contribution in [0, 0.1) is 0 Å². The van der Waals surface area contributed by atoms with Gasteiger partial charge in [-0.1, -0.05) is 0 Å². The van der Waals surface area contributed by atoms with Crippen LogP contribution in [-0.2, 0) is 0 Å². The summed E-state index contributed by atoms with van der Waals surface area (Å²) in [5.74, 6) is 0. The molecule has 38 valence electrons. The summed E-state index contributed by atoms with van der Waals surface area (Å²) in [5, 5.41) is 0. The molecule has 2 heteroatoms. The topological polar surface area (TPSA) is 24.7 Å². The molecule has 2 aliphatic rings. The van der Waals surface area contributed by atoms with Crippen molar-refractivity contribution in [2.24, 2.45) is 9.98 Å². The molecular weight excluding hydrogens is 100 g/mol. The zero-order valence-corrected chi connectivity index (χ0v) is 4.20. The monoisotopic (exact) mass is 104 g/mol. The van der Waals surface area contributed by atoms with E-state index in [1.54, 1.807) is 12.4 Å². The van der Waals surface area contributed by atoms with Gasteiger partial charge in [-0.25, -0.2) is 0 Å². The van der Waals surface area contributed by atoms with Crippen molar-refractivity contribution in [1.29, 1.82) is 0 Å². The fraction of sp³-hybridized carbons (Fsp3) is 0. The van der Waals surface area contributed by atoms with Gasteiger partial charge in [0.25, 0.3) is 0 Å². The zero-order valence-electron chi connectivity index (χ0n) is 4.20. The highest BCUT2D eigenvalue weighted by molar-refractivity contribution is 6.53. The van der Waals surface area contributed by atoms with E-state index < -0.39 is 0 Å². The molecule has 0 aromatic rings. The molecule has 0 aromatic heterocycles. The van der Waals surface area contributed by atoms with E-state index >= 15 is 0 Å². The van der Waals surface area contributed by atoms with Gasteiger partial charge in [-0.05, 0) is 12.2 Å². The smallest absolute Gasteiger partial charge is 0.0901 e. The molecule has 0 amide bonds. The Morgan fingerprint density at radius 3 is 1.88 bits per heavy atom. The highest BCUT2D eigenvalue weighted by Gasteiger charge is 2.08. The number of nitrogens with zero attached hydrogens (tertiary/aromatic N) is 2. The van der Waals surface area contributed by atoms with Crippen LogP contribution in [0.2, 0.25) is 0 Å². The molecule has 2 heterocycles. The number of hydrogen-bond acceptors (Lipinski definition) is 2. The van der Waals surface area contributed by atoms with Gasteiger partial charge in [0.1, 0.15) is 0 Å². The quantitative estimate of drug-likeness (QED) is 0.436. The molecule has 0 atom stereocenters. The molecule has 2 rings (SSSR count). The van der Waals surface area contributed by atoms with Gasteiger partial charge in [0.15, 0.2) is 0 Å². The Balaban J connectivity index is 2.59. The van der Waals surface area contributed by atoms with Gasteiger partial charge in [-0.15, -0.1) is 0 Å². The first-order valence-corrected chi connectivity index (χ1v) is 2.46. The first-order chi connectivity index (χ1) is 3.97. The Bertz CT molecular complexity index is 205. The summed E-state index contributed by atoms with van der Waals surface area (Å²) in [7, 11) is 0. The fourth-order valence-electron chi connectivity index (χ4n) is 0.765. The summed E-state index contributed by atoms with van der Waals surface area (Å²) >= 11 is 0. The molecule has 2 aliphatic heterocycles. The van der Waals surface area contributed by atoms with Crippen LogP contribution in [0.25, 0.3) is 0 Å². The van der Waals surface area contributed by atoms with E-state index in [-0.39, 0.29) is 0 Å². The van der Waals surface area contributed by atoms with Gasteiger partial charge in [0.05, 0.1) is 11.4 Å². The van der Waals surface area contributed by atoms with E-state index in [0.717, 1.165) is 11.4 Å². The van der Waals surface area contributed by atoms with Crippen molar-refractivity contribution in [2.45, 2.75) is 0 Å². The molecule has 0 radical (unpaired) electrons. The first kappa shape index (κ1) is 3.78. The molecule has 0 N–H and O–H groups in total.